The van der Waals surface area contributed by atoms with Crippen molar-refractivity contribution in [1.82, 2.24) is 5.32 Å². The number of hydrogen-bond acceptors (Lipinski definition) is 5. The molecule has 6 nitrogen and oxygen atoms in total. The number of aliphatic hydroxyl groups is 2. The molecule has 2 atom stereocenters. The first-order valence-electron chi connectivity index (χ1n) is 34.0. The lowest BCUT2D eigenvalue weighted by Gasteiger charge is -2.20. The molecule has 0 aromatic rings. The number of rotatable bonds is 64. The zero-order valence-electron chi connectivity index (χ0n) is 50.4. The van der Waals surface area contributed by atoms with Crippen molar-refractivity contribution in [2.24, 2.45) is 0 Å². The number of aliphatic hydroxyl groups excluding tert-OH is 2. The van der Waals surface area contributed by atoms with E-state index in [1.165, 1.54) is 321 Å². The van der Waals surface area contributed by atoms with Crippen molar-refractivity contribution >= 4 is 11.9 Å². The van der Waals surface area contributed by atoms with Gasteiger partial charge in [-0.3, -0.25) is 9.59 Å². The van der Waals surface area contributed by atoms with Gasteiger partial charge in [-0.15, -0.1) is 0 Å². The highest BCUT2D eigenvalue weighted by Gasteiger charge is 2.18. The highest BCUT2D eigenvalue weighted by Crippen LogP contribution is 2.19. The summed E-state index contributed by atoms with van der Waals surface area (Å²) in [6.07, 6.45) is 78.4. The van der Waals surface area contributed by atoms with E-state index in [-0.39, 0.29) is 18.5 Å². The summed E-state index contributed by atoms with van der Waals surface area (Å²) in [5.74, 6) is -0.0506. The average Bonchev–Trinajstić information content (AvgIpc) is 3.40. The maximum atomic E-state index is 12.5. The Morgan fingerprint density at radius 3 is 0.919 bits per heavy atom. The Balaban J connectivity index is 3.40. The molecule has 0 aromatic carbocycles. The number of allylic oxidation sites excluding steroid dienone is 1. The summed E-state index contributed by atoms with van der Waals surface area (Å²) >= 11 is 0. The van der Waals surface area contributed by atoms with Gasteiger partial charge in [-0.25, -0.2) is 0 Å². The summed E-state index contributed by atoms with van der Waals surface area (Å²) in [6, 6.07) is -0.629. The number of ether oxygens (including phenoxy) is 1. The smallest absolute Gasteiger partial charge is 0.305 e. The molecular formula is C68H133NO5. The van der Waals surface area contributed by atoms with Gasteiger partial charge < -0.3 is 20.3 Å². The van der Waals surface area contributed by atoms with Crippen LogP contribution in [-0.4, -0.2) is 47.4 Å². The van der Waals surface area contributed by atoms with Crippen molar-refractivity contribution in [3.05, 3.63) is 12.2 Å². The van der Waals surface area contributed by atoms with Gasteiger partial charge in [0.2, 0.25) is 5.91 Å². The summed E-state index contributed by atoms with van der Waals surface area (Å²) in [5.41, 5.74) is 0. The van der Waals surface area contributed by atoms with Gasteiger partial charge in [-0.05, 0) is 32.1 Å². The van der Waals surface area contributed by atoms with Crippen LogP contribution in [0.4, 0.5) is 0 Å². The topological polar surface area (TPSA) is 95.9 Å². The fraction of sp³-hybridized carbons (Fsp3) is 0.941. The fourth-order valence-corrected chi connectivity index (χ4v) is 10.9. The minimum absolute atomic E-state index is 0.0150. The lowest BCUT2D eigenvalue weighted by molar-refractivity contribution is -0.143. The second kappa shape index (κ2) is 64.1. The normalized spacial score (nSPS) is 12.5. The van der Waals surface area contributed by atoms with Crippen molar-refractivity contribution in [3.8, 4) is 0 Å². The van der Waals surface area contributed by atoms with E-state index in [1.807, 2.05) is 6.08 Å². The maximum Gasteiger partial charge on any atom is 0.305 e. The van der Waals surface area contributed by atoms with Crippen LogP contribution in [0, 0.1) is 0 Å². The quantitative estimate of drug-likeness (QED) is 0.0320. The molecule has 2 unspecified atom stereocenters. The zero-order valence-corrected chi connectivity index (χ0v) is 50.4. The largest absolute Gasteiger partial charge is 0.466 e. The molecule has 0 spiro atoms. The molecule has 0 heterocycles. The first-order valence-corrected chi connectivity index (χ1v) is 34.0. The molecule has 1 amide bonds. The summed E-state index contributed by atoms with van der Waals surface area (Å²) in [5, 5.41) is 23.2. The molecule has 0 saturated heterocycles. The molecule has 0 fully saturated rings. The summed E-state index contributed by atoms with van der Waals surface area (Å²) in [7, 11) is 0. The van der Waals surface area contributed by atoms with E-state index in [0.29, 0.717) is 19.4 Å². The number of amides is 1. The Bertz CT molecular complexity index is 1110. The van der Waals surface area contributed by atoms with Gasteiger partial charge in [0.1, 0.15) is 0 Å². The van der Waals surface area contributed by atoms with Crippen molar-refractivity contribution in [1.29, 1.82) is 0 Å². The number of hydrogen-bond donors (Lipinski definition) is 3. The number of unbranched alkanes of at least 4 members (excludes halogenated alkanes) is 53. The van der Waals surface area contributed by atoms with E-state index >= 15 is 0 Å². The lowest BCUT2D eigenvalue weighted by atomic mass is 10.0. The van der Waals surface area contributed by atoms with Crippen LogP contribution in [0.15, 0.2) is 12.2 Å². The monoisotopic (exact) mass is 1040 g/mol. The van der Waals surface area contributed by atoms with Crippen LogP contribution < -0.4 is 5.32 Å². The van der Waals surface area contributed by atoms with E-state index in [4.69, 9.17) is 4.74 Å². The maximum absolute atomic E-state index is 12.5. The minimum Gasteiger partial charge on any atom is -0.466 e. The van der Waals surface area contributed by atoms with Gasteiger partial charge in [-0.2, -0.15) is 0 Å². The zero-order chi connectivity index (χ0) is 53.6. The van der Waals surface area contributed by atoms with Gasteiger partial charge in [-0.1, -0.05) is 353 Å². The third kappa shape index (κ3) is 59.8. The Morgan fingerprint density at radius 1 is 0.365 bits per heavy atom. The minimum atomic E-state index is -0.846. The van der Waals surface area contributed by atoms with Crippen molar-refractivity contribution in [2.45, 2.75) is 398 Å². The third-order valence-electron chi connectivity index (χ3n) is 16.1. The Kier molecular flexibility index (Phi) is 62.9. The molecular weight excluding hydrogens is 911 g/mol. The number of carbonyl (C=O) groups excluding carboxylic acids is 2. The standard InChI is InChI=1S/C68H133NO5/c1-3-5-7-9-11-13-15-17-19-21-22-25-29-32-36-40-44-48-52-56-60-66(71)65(64-70)69-67(72)61-57-53-49-45-41-37-33-30-26-23-24-27-31-35-39-43-47-51-55-59-63-74-68(73)62-58-54-50-46-42-38-34-28-20-18-16-14-12-10-8-6-4-2/h56,60,65-66,70-71H,3-55,57-59,61-64H2,1-2H3,(H,69,72)/b60-56+. The number of carbonyl (C=O) groups is 2. The van der Waals surface area contributed by atoms with Crippen LogP contribution in [0.3, 0.4) is 0 Å². The number of nitrogens with one attached hydrogen (secondary N) is 1. The molecule has 6 heteroatoms. The number of esters is 1. The van der Waals surface area contributed by atoms with Gasteiger partial charge in [0.15, 0.2) is 0 Å². The van der Waals surface area contributed by atoms with Crippen molar-refractivity contribution < 1.29 is 24.5 Å². The Morgan fingerprint density at radius 2 is 0.622 bits per heavy atom. The van der Waals surface area contributed by atoms with E-state index in [2.05, 4.69) is 19.2 Å². The second-order valence-electron chi connectivity index (χ2n) is 23.5. The van der Waals surface area contributed by atoms with Crippen LogP contribution in [0.1, 0.15) is 386 Å². The molecule has 0 aromatic heterocycles. The highest BCUT2D eigenvalue weighted by atomic mass is 16.5. The van der Waals surface area contributed by atoms with Gasteiger partial charge in [0.05, 0.1) is 25.4 Å². The molecule has 0 saturated carbocycles. The Labute approximate surface area is 463 Å². The van der Waals surface area contributed by atoms with Crippen LogP contribution in [-0.2, 0) is 14.3 Å². The third-order valence-corrected chi connectivity index (χ3v) is 16.1. The van der Waals surface area contributed by atoms with Gasteiger partial charge >= 0.3 is 5.97 Å². The van der Waals surface area contributed by atoms with Crippen LogP contribution in [0.5, 0.6) is 0 Å². The first kappa shape index (κ1) is 72.6. The average molecular weight is 1040 g/mol. The fourth-order valence-electron chi connectivity index (χ4n) is 10.9. The van der Waals surface area contributed by atoms with E-state index < -0.39 is 12.1 Å². The van der Waals surface area contributed by atoms with Gasteiger partial charge in [0.25, 0.3) is 0 Å². The summed E-state index contributed by atoms with van der Waals surface area (Å²) in [4.78, 5) is 24.6. The van der Waals surface area contributed by atoms with E-state index in [0.717, 1.165) is 38.5 Å². The van der Waals surface area contributed by atoms with Crippen molar-refractivity contribution in [2.75, 3.05) is 13.2 Å². The molecule has 0 bridgehead atoms. The first-order chi connectivity index (χ1) is 36.5. The Hall–Kier alpha value is -1.40. The van der Waals surface area contributed by atoms with Crippen LogP contribution in [0.2, 0.25) is 0 Å². The summed E-state index contributed by atoms with van der Waals surface area (Å²) < 4.78 is 5.50. The molecule has 0 aliphatic rings. The molecule has 440 valence electrons. The SMILES string of the molecule is CCCCCCCCCCCCCCCCCCCC/C=C/C(O)C(CO)NC(=O)CCCCCCCCCCCCCCCCCCCCCCOC(=O)CCCCCCCCCCCCCCCCCCC. The lowest BCUT2D eigenvalue weighted by Crippen LogP contribution is -2.45. The predicted octanol–water partition coefficient (Wildman–Crippen LogP) is 21.6. The highest BCUT2D eigenvalue weighted by molar-refractivity contribution is 5.76. The van der Waals surface area contributed by atoms with Crippen LogP contribution >= 0.6 is 0 Å². The molecule has 0 rings (SSSR count). The molecule has 0 radical (unpaired) electrons. The summed E-state index contributed by atoms with van der Waals surface area (Å²) in [6.45, 7) is 4.94. The van der Waals surface area contributed by atoms with Gasteiger partial charge in [0, 0.05) is 12.8 Å². The van der Waals surface area contributed by atoms with Crippen LogP contribution in [0.25, 0.3) is 0 Å². The molecule has 3 N–H and O–H groups in total. The molecule has 0 aliphatic heterocycles. The second-order valence-corrected chi connectivity index (χ2v) is 23.5. The van der Waals surface area contributed by atoms with E-state index in [9.17, 15) is 19.8 Å². The predicted molar refractivity (Wildman–Crippen MR) is 324 cm³/mol. The molecule has 74 heavy (non-hydrogen) atoms. The van der Waals surface area contributed by atoms with E-state index in [1.54, 1.807) is 6.08 Å². The molecule has 0 aliphatic carbocycles. The van der Waals surface area contributed by atoms with Crippen molar-refractivity contribution in [3.63, 3.8) is 0 Å².